The Morgan fingerprint density at radius 2 is 1.87 bits per heavy atom. The minimum Gasteiger partial charge on any atom is -0.355 e. The SMILES string of the molecule is Cl.O=C(NCCS(=O)(=O)c1ccccc1)C1CC12CCNCC2. The monoisotopic (exact) mass is 358 g/mol. The van der Waals surface area contributed by atoms with Crippen molar-refractivity contribution in [2.45, 2.75) is 24.2 Å². The summed E-state index contributed by atoms with van der Waals surface area (Å²) in [5, 5.41) is 6.11. The number of halogens is 1. The number of sulfone groups is 1. The summed E-state index contributed by atoms with van der Waals surface area (Å²) in [7, 11) is -3.32. The van der Waals surface area contributed by atoms with Gasteiger partial charge in [0.1, 0.15) is 0 Å². The number of carbonyl (C=O) groups excluding carboxylic acids is 1. The summed E-state index contributed by atoms with van der Waals surface area (Å²) in [6, 6.07) is 8.36. The average Bonchev–Trinajstić information content (AvgIpc) is 3.22. The lowest BCUT2D eigenvalue weighted by atomic mass is 9.92. The molecular formula is C16H23ClN2O3S. The molecule has 3 rings (SSSR count). The fraction of sp³-hybridized carbons (Fsp3) is 0.562. The van der Waals surface area contributed by atoms with E-state index in [2.05, 4.69) is 10.6 Å². The third-order valence-electron chi connectivity index (χ3n) is 4.88. The van der Waals surface area contributed by atoms with E-state index in [9.17, 15) is 13.2 Å². The molecule has 1 spiro atoms. The van der Waals surface area contributed by atoms with Crippen LogP contribution in [0.25, 0.3) is 0 Å². The smallest absolute Gasteiger partial charge is 0.223 e. The van der Waals surface area contributed by atoms with Gasteiger partial charge in [-0.1, -0.05) is 18.2 Å². The molecule has 2 N–H and O–H groups in total. The highest BCUT2D eigenvalue weighted by Crippen LogP contribution is 2.58. The summed E-state index contributed by atoms with van der Waals surface area (Å²) in [5.41, 5.74) is 0.188. The molecule has 1 aromatic carbocycles. The molecule has 1 aliphatic heterocycles. The number of hydrogen-bond acceptors (Lipinski definition) is 4. The molecule has 1 aromatic rings. The number of carbonyl (C=O) groups is 1. The molecule has 0 bridgehead atoms. The summed E-state index contributed by atoms with van der Waals surface area (Å²) >= 11 is 0. The molecule has 1 saturated heterocycles. The maximum absolute atomic E-state index is 12.2. The standard InChI is InChI=1S/C16H22N2O3S.ClH/c19-15(14-12-16(14)6-8-17-9-7-16)18-10-11-22(20,21)13-4-2-1-3-5-13;/h1-5,14,17H,6-12H2,(H,18,19);1H. The first kappa shape index (κ1) is 18.2. The number of rotatable bonds is 5. The van der Waals surface area contributed by atoms with Crippen LogP contribution in [0.5, 0.6) is 0 Å². The number of benzene rings is 1. The van der Waals surface area contributed by atoms with Gasteiger partial charge in [-0.15, -0.1) is 12.4 Å². The third kappa shape index (κ3) is 4.05. The van der Waals surface area contributed by atoms with Gasteiger partial charge in [-0.25, -0.2) is 8.42 Å². The molecular weight excluding hydrogens is 336 g/mol. The lowest BCUT2D eigenvalue weighted by Gasteiger charge is -2.23. The predicted octanol–water partition coefficient (Wildman–Crippen LogP) is 1.39. The van der Waals surface area contributed by atoms with Crippen molar-refractivity contribution in [3.05, 3.63) is 30.3 Å². The van der Waals surface area contributed by atoms with E-state index in [1.165, 1.54) is 0 Å². The van der Waals surface area contributed by atoms with Gasteiger partial charge in [0.05, 0.1) is 10.6 Å². The minimum absolute atomic E-state index is 0. The highest BCUT2D eigenvalue weighted by molar-refractivity contribution is 7.91. The molecule has 1 unspecified atom stereocenters. The zero-order chi connectivity index (χ0) is 15.6. The van der Waals surface area contributed by atoms with Crippen LogP contribution in [-0.4, -0.2) is 39.7 Å². The summed E-state index contributed by atoms with van der Waals surface area (Å²) in [6.07, 6.45) is 3.05. The largest absolute Gasteiger partial charge is 0.355 e. The summed E-state index contributed by atoms with van der Waals surface area (Å²) < 4.78 is 24.3. The zero-order valence-electron chi connectivity index (χ0n) is 13.0. The second kappa shape index (κ2) is 7.20. The fourth-order valence-corrected chi connectivity index (χ4v) is 4.55. The molecule has 2 aliphatic rings. The first-order chi connectivity index (χ1) is 10.5. The van der Waals surface area contributed by atoms with Gasteiger partial charge in [0.2, 0.25) is 5.91 Å². The Balaban J connectivity index is 0.00000192. The molecule has 7 heteroatoms. The van der Waals surface area contributed by atoms with Crippen LogP contribution >= 0.6 is 12.4 Å². The normalized spacial score (nSPS) is 22.2. The quantitative estimate of drug-likeness (QED) is 0.834. The summed E-state index contributed by atoms with van der Waals surface area (Å²) in [6.45, 7) is 2.14. The van der Waals surface area contributed by atoms with E-state index in [0.717, 1.165) is 32.4 Å². The van der Waals surface area contributed by atoms with E-state index in [0.29, 0.717) is 4.90 Å². The Bertz CT molecular complexity index is 643. The van der Waals surface area contributed by atoms with Gasteiger partial charge in [0.25, 0.3) is 0 Å². The van der Waals surface area contributed by atoms with E-state index < -0.39 is 9.84 Å². The molecule has 5 nitrogen and oxygen atoms in total. The van der Waals surface area contributed by atoms with E-state index in [4.69, 9.17) is 0 Å². The highest BCUT2D eigenvalue weighted by atomic mass is 35.5. The minimum atomic E-state index is -3.32. The molecule has 1 saturated carbocycles. The number of piperidine rings is 1. The molecule has 23 heavy (non-hydrogen) atoms. The van der Waals surface area contributed by atoms with E-state index in [1.54, 1.807) is 30.3 Å². The predicted molar refractivity (Wildman–Crippen MR) is 91.4 cm³/mol. The van der Waals surface area contributed by atoms with E-state index in [1.807, 2.05) is 0 Å². The van der Waals surface area contributed by atoms with Crippen molar-refractivity contribution in [1.29, 1.82) is 0 Å². The average molecular weight is 359 g/mol. The van der Waals surface area contributed by atoms with Crippen LogP contribution in [0.1, 0.15) is 19.3 Å². The van der Waals surface area contributed by atoms with Crippen LogP contribution in [0.2, 0.25) is 0 Å². The lowest BCUT2D eigenvalue weighted by molar-refractivity contribution is -0.123. The molecule has 0 aromatic heterocycles. The second-order valence-corrected chi connectivity index (χ2v) is 8.40. The number of nitrogens with one attached hydrogen (secondary N) is 2. The molecule has 1 atom stereocenters. The molecule has 0 radical (unpaired) electrons. The number of hydrogen-bond donors (Lipinski definition) is 2. The highest BCUT2D eigenvalue weighted by Gasteiger charge is 2.57. The third-order valence-corrected chi connectivity index (χ3v) is 6.61. The number of amides is 1. The first-order valence-electron chi connectivity index (χ1n) is 7.80. The van der Waals surface area contributed by atoms with E-state index in [-0.39, 0.29) is 41.9 Å². The van der Waals surface area contributed by atoms with Gasteiger partial charge in [0, 0.05) is 12.5 Å². The maximum Gasteiger partial charge on any atom is 0.223 e. The van der Waals surface area contributed by atoms with Crippen LogP contribution in [0.15, 0.2) is 35.2 Å². The van der Waals surface area contributed by atoms with Crippen molar-refractivity contribution in [2.75, 3.05) is 25.4 Å². The zero-order valence-corrected chi connectivity index (χ0v) is 14.6. The van der Waals surface area contributed by atoms with Gasteiger partial charge in [-0.3, -0.25) is 4.79 Å². The van der Waals surface area contributed by atoms with Gasteiger partial charge in [0.15, 0.2) is 9.84 Å². The van der Waals surface area contributed by atoms with Gasteiger partial charge < -0.3 is 10.6 Å². The Labute approximate surface area is 143 Å². The Morgan fingerprint density at radius 3 is 2.52 bits per heavy atom. The second-order valence-electron chi connectivity index (χ2n) is 6.29. The molecule has 1 aliphatic carbocycles. The van der Waals surface area contributed by atoms with Crippen molar-refractivity contribution >= 4 is 28.2 Å². The Morgan fingerprint density at radius 1 is 1.22 bits per heavy atom. The summed E-state index contributed by atoms with van der Waals surface area (Å²) in [5.74, 6) is 0.0449. The first-order valence-corrected chi connectivity index (χ1v) is 9.45. The topological polar surface area (TPSA) is 75.3 Å². The summed E-state index contributed by atoms with van der Waals surface area (Å²) in [4.78, 5) is 12.5. The molecule has 1 heterocycles. The van der Waals surface area contributed by atoms with Crippen LogP contribution < -0.4 is 10.6 Å². The molecule has 1 amide bonds. The van der Waals surface area contributed by atoms with Gasteiger partial charge in [-0.2, -0.15) is 0 Å². The van der Waals surface area contributed by atoms with Crippen LogP contribution in [-0.2, 0) is 14.6 Å². The van der Waals surface area contributed by atoms with Crippen molar-refractivity contribution in [3.63, 3.8) is 0 Å². The lowest BCUT2D eigenvalue weighted by Crippen LogP contribution is -2.35. The van der Waals surface area contributed by atoms with Gasteiger partial charge in [-0.05, 0) is 49.9 Å². The fourth-order valence-electron chi connectivity index (χ4n) is 3.37. The van der Waals surface area contributed by atoms with Crippen LogP contribution in [0, 0.1) is 11.3 Å². The van der Waals surface area contributed by atoms with Crippen molar-refractivity contribution in [1.82, 2.24) is 10.6 Å². The van der Waals surface area contributed by atoms with Crippen LogP contribution in [0.3, 0.4) is 0 Å². The molecule has 2 fully saturated rings. The van der Waals surface area contributed by atoms with Crippen molar-refractivity contribution < 1.29 is 13.2 Å². The Kier molecular flexibility index (Phi) is 5.70. The van der Waals surface area contributed by atoms with Crippen molar-refractivity contribution in [3.8, 4) is 0 Å². The van der Waals surface area contributed by atoms with Crippen LogP contribution in [0.4, 0.5) is 0 Å². The maximum atomic E-state index is 12.2. The van der Waals surface area contributed by atoms with Crippen molar-refractivity contribution in [2.24, 2.45) is 11.3 Å². The van der Waals surface area contributed by atoms with E-state index >= 15 is 0 Å². The molecule has 128 valence electrons. The van der Waals surface area contributed by atoms with Gasteiger partial charge >= 0.3 is 0 Å². The Hall–Kier alpha value is -1.11.